The number of carbonyl (C=O) groups excluding carboxylic acids is 1. The molecule has 31 heavy (non-hydrogen) atoms. The Balaban J connectivity index is 1.99. The topological polar surface area (TPSA) is 104 Å². The van der Waals surface area contributed by atoms with E-state index in [-0.39, 0.29) is 4.90 Å². The van der Waals surface area contributed by atoms with E-state index in [9.17, 15) is 13.2 Å². The van der Waals surface area contributed by atoms with Crippen LogP contribution in [0.4, 0.5) is 11.4 Å². The predicted molar refractivity (Wildman–Crippen MR) is 120 cm³/mol. The van der Waals surface area contributed by atoms with Crippen molar-refractivity contribution in [1.82, 2.24) is 10.2 Å². The first-order valence-electron chi connectivity index (χ1n) is 9.69. The number of benzene rings is 2. The number of H-pyrrole nitrogens is 1. The van der Waals surface area contributed by atoms with Gasteiger partial charge in [-0.2, -0.15) is 5.10 Å². The summed E-state index contributed by atoms with van der Waals surface area (Å²) in [6.45, 7) is 6.65. The van der Waals surface area contributed by atoms with Gasteiger partial charge in [-0.3, -0.25) is 14.2 Å². The first-order valence-corrected chi connectivity index (χ1v) is 11.1. The summed E-state index contributed by atoms with van der Waals surface area (Å²) < 4.78 is 33.4. The Kier molecular flexibility index (Phi) is 6.35. The minimum absolute atomic E-state index is 0.0582. The number of rotatable bonds is 7. The van der Waals surface area contributed by atoms with E-state index in [2.05, 4.69) is 15.5 Å². The van der Waals surface area contributed by atoms with Gasteiger partial charge in [-0.15, -0.1) is 0 Å². The molecule has 0 unspecified atom stereocenters. The molecule has 3 rings (SSSR count). The third-order valence-corrected chi connectivity index (χ3v) is 6.96. The zero-order valence-corrected chi connectivity index (χ0v) is 19.0. The van der Waals surface area contributed by atoms with Crippen LogP contribution in [0.5, 0.6) is 5.75 Å². The molecule has 0 bridgehead atoms. The Morgan fingerprint density at radius 1 is 1.10 bits per heavy atom. The highest BCUT2D eigenvalue weighted by molar-refractivity contribution is 7.93. The number of sulfonamides is 1. The monoisotopic (exact) mass is 442 g/mol. The predicted octanol–water partition coefficient (Wildman–Crippen LogP) is 3.49. The highest BCUT2D eigenvalue weighted by Crippen LogP contribution is 2.28. The number of nitrogens with one attached hydrogen (secondary N) is 2. The number of nitrogens with zero attached hydrogens (tertiary/aromatic N) is 2. The van der Waals surface area contributed by atoms with E-state index in [1.54, 1.807) is 38.1 Å². The van der Waals surface area contributed by atoms with Crippen molar-refractivity contribution in [2.75, 3.05) is 23.3 Å². The van der Waals surface area contributed by atoms with Crippen molar-refractivity contribution in [3.63, 3.8) is 0 Å². The van der Waals surface area contributed by atoms with Crippen molar-refractivity contribution in [3.8, 4) is 5.75 Å². The van der Waals surface area contributed by atoms with Crippen molar-refractivity contribution >= 4 is 27.3 Å². The Hall–Kier alpha value is -3.33. The van der Waals surface area contributed by atoms with E-state index in [1.807, 2.05) is 32.0 Å². The molecule has 0 radical (unpaired) electrons. The quantitative estimate of drug-likeness (QED) is 0.583. The smallest absolute Gasteiger partial charge is 0.268 e. The van der Waals surface area contributed by atoms with Crippen molar-refractivity contribution < 1.29 is 17.9 Å². The fraction of sp³-hybridized carbons (Fsp3) is 0.273. The molecular formula is C22H26N4O4S. The number of amides is 1. The molecule has 1 aromatic heterocycles. The first kappa shape index (κ1) is 22.4. The van der Waals surface area contributed by atoms with Crippen LogP contribution in [0.1, 0.15) is 22.5 Å². The molecule has 1 heterocycles. The maximum atomic E-state index is 13.6. The van der Waals surface area contributed by atoms with Crippen molar-refractivity contribution in [1.29, 1.82) is 0 Å². The molecule has 0 atom stereocenters. The molecule has 8 nitrogen and oxygen atoms in total. The Morgan fingerprint density at radius 3 is 2.35 bits per heavy atom. The van der Waals surface area contributed by atoms with Gasteiger partial charge in [-0.1, -0.05) is 12.1 Å². The minimum atomic E-state index is -4.06. The summed E-state index contributed by atoms with van der Waals surface area (Å²) in [4.78, 5) is 13.0. The molecule has 0 aliphatic carbocycles. The number of aryl methyl sites for hydroxylation is 4. The Morgan fingerprint density at radius 2 is 1.77 bits per heavy atom. The third kappa shape index (κ3) is 4.72. The van der Waals surface area contributed by atoms with Gasteiger partial charge in [0.1, 0.15) is 17.2 Å². The number of anilines is 2. The average molecular weight is 443 g/mol. The SMILES string of the molecule is COc1ccc(N(CC(=O)Nc2cc(C)ccc2C)S(=O)(=O)c2c(C)n[nH]c2C)cc1. The molecule has 2 aromatic carbocycles. The summed E-state index contributed by atoms with van der Waals surface area (Å²) in [6, 6.07) is 12.2. The second-order valence-corrected chi connectivity index (χ2v) is 9.14. The van der Waals surface area contributed by atoms with E-state index >= 15 is 0 Å². The first-order chi connectivity index (χ1) is 14.6. The number of aromatic amines is 1. The number of methoxy groups -OCH3 is 1. The third-order valence-electron chi connectivity index (χ3n) is 4.92. The van der Waals surface area contributed by atoms with Crippen LogP contribution in [0.2, 0.25) is 0 Å². The highest BCUT2D eigenvalue weighted by atomic mass is 32.2. The van der Waals surface area contributed by atoms with E-state index in [1.165, 1.54) is 7.11 Å². The molecule has 0 spiro atoms. The van der Waals surface area contributed by atoms with Gasteiger partial charge in [0, 0.05) is 5.69 Å². The maximum Gasteiger partial charge on any atom is 0.268 e. The van der Waals surface area contributed by atoms with E-state index in [0.717, 1.165) is 15.4 Å². The molecule has 1 amide bonds. The molecule has 164 valence electrons. The average Bonchev–Trinajstić information content (AvgIpc) is 3.07. The number of aromatic nitrogens is 2. The zero-order valence-electron chi connectivity index (χ0n) is 18.2. The molecular weight excluding hydrogens is 416 g/mol. The van der Waals surface area contributed by atoms with Gasteiger partial charge in [-0.25, -0.2) is 8.42 Å². The van der Waals surface area contributed by atoms with Crippen LogP contribution >= 0.6 is 0 Å². The fourth-order valence-corrected chi connectivity index (χ4v) is 5.04. The van der Waals surface area contributed by atoms with Crippen molar-refractivity contribution in [2.45, 2.75) is 32.6 Å². The van der Waals surface area contributed by atoms with Gasteiger partial charge < -0.3 is 10.1 Å². The molecule has 0 aliphatic rings. The molecule has 3 aromatic rings. The van der Waals surface area contributed by atoms with Gasteiger partial charge in [0.25, 0.3) is 10.0 Å². The molecule has 0 saturated heterocycles. The minimum Gasteiger partial charge on any atom is -0.497 e. The number of hydrogen-bond acceptors (Lipinski definition) is 5. The lowest BCUT2D eigenvalue weighted by Gasteiger charge is -2.24. The molecule has 0 saturated carbocycles. The standard InChI is InChI=1S/C22H26N4O4S/c1-14-6-7-15(2)20(12-14)23-21(27)13-26(18-8-10-19(30-5)11-9-18)31(28,29)22-16(3)24-25-17(22)4/h6-12H,13H2,1-5H3,(H,23,27)(H,24,25). The van der Waals surface area contributed by atoms with Gasteiger partial charge >= 0.3 is 0 Å². The largest absolute Gasteiger partial charge is 0.497 e. The lowest BCUT2D eigenvalue weighted by molar-refractivity contribution is -0.114. The van der Waals surface area contributed by atoms with Crippen LogP contribution in [0.25, 0.3) is 0 Å². The Labute approximate surface area is 182 Å². The van der Waals surface area contributed by atoms with Crippen molar-refractivity contribution in [3.05, 3.63) is 65.0 Å². The summed E-state index contributed by atoms with van der Waals surface area (Å²) in [6.07, 6.45) is 0. The molecule has 9 heteroatoms. The fourth-order valence-electron chi connectivity index (χ4n) is 3.29. The highest BCUT2D eigenvalue weighted by Gasteiger charge is 2.31. The number of carbonyl (C=O) groups is 1. The van der Waals surface area contributed by atoms with Gasteiger partial charge in [-0.05, 0) is 69.2 Å². The van der Waals surface area contributed by atoms with Crippen LogP contribution in [-0.4, -0.2) is 38.2 Å². The van der Waals surface area contributed by atoms with Gasteiger partial charge in [0.2, 0.25) is 5.91 Å². The summed E-state index contributed by atoms with van der Waals surface area (Å²) in [5.41, 5.74) is 3.62. The van der Waals surface area contributed by atoms with Crippen molar-refractivity contribution in [2.24, 2.45) is 0 Å². The summed E-state index contributed by atoms with van der Waals surface area (Å²) in [5.74, 6) is 0.128. The van der Waals surface area contributed by atoms with Crippen LogP contribution in [0.3, 0.4) is 0 Å². The molecule has 0 aliphatic heterocycles. The molecule has 0 fully saturated rings. The summed E-state index contributed by atoms with van der Waals surface area (Å²) in [7, 11) is -2.53. The normalized spacial score (nSPS) is 11.3. The van der Waals surface area contributed by atoms with Crippen LogP contribution in [0.15, 0.2) is 47.4 Å². The van der Waals surface area contributed by atoms with Gasteiger partial charge in [0.05, 0.1) is 24.2 Å². The second-order valence-electron chi connectivity index (χ2n) is 7.34. The Bertz CT molecular complexity index is 1180. The van der Waals surface area contributed by atoms with Crippen LogP contribution in [-0.2, 0) is 14.8 Å². The van der Waals surface area contributed by atoms with Crippen LogP contribution < -0.4 is 14.4 Å². The number of ether oxygens (including phenoxy) is 1. The maximum absolute atomic E-state index is 13.6. The number of hydrogen-bond donors (Lipinski definition) is 2. The van der Waals surface area contributed by atoms with E-state index < -0.39 is 22.5 Å². The lowest BCUT2D eigenvalue weighted by atomic mass is 10.1. The summed E-state index contributed by atoms with van der Waals surface area (Å²) >= 11 is 0. The lowest BCUT2D eigenvalue weighted by Crippen LogP contribution is -2.38. The van der Waals surface area contributed by atoms with Crippen LogP contribution in [0, 0.1) is 27.7 Å². The van der Waals surface area contributed by atoms with E-state index in [0.29, 0.717) is 28.5 Å². The van der Waals surface area contributed by atoms with E-state index in [4.69, 9.17) is 4.74 Å². The zero-order chi connectivity index (χ0) is 22.8. The molecule has 2 N–H and O–H groups in total. The second kappa shape index (κ2) is 8.81. The van der Waals surface area contributed by atoms with Gasteiger partial charge in [0.15, 0.2) is 0 Å². The summed E-state index contributed by atoms with van der Waals surface area (Å²) in [5, 5.41) is 9.53.